The molecule has 0 saturated heterocycles. The molecule has 0 aliphatic carbocycles. The van der Waals surface area contributed by atoms with E-state index >= 15 is 0 Å². The molecule has 2 amide bonds. The minimum atomic E-state index is -0.558. The molecule has 0 fully saturated rings. The summed E-state index contributed by atoms with van der Waals surface area (Å²) in [5.74, 6) is -0.428. The Hall–Kier alpha value is -2.04. The molecule has 1 unspecified atom stereocenters. The summed E-state index contributed by atoms with van der Waals surface area (Å²) in [4.78, 5) is 23.8. The van der Waals surface area contributed by atoms with Gasteiger partial charge < -0.3 is 16.0 Å². The van der Waals surface area contributed by atoms with E-state index in [0.717, 1.165) is 18.7 Å². The molecule has 5 nitrogen and oxygen atoms in total. The minimum absolute atomic E-state index is 0.0563. The summed E-state index contributed by atoms with van der Waals surface area (Å²) in [6.07, 6.45) is 1.05. The van der Waals surface area contributed by atoms with Crippen molar-refractivity contribution in [3.05, 3.63) is 29.8 Å². The number of carbonyl (C=O) groups is 2. The van der Waals surface area contributed by atoms with Crippen LogP contribution in [0.3, 0.4) is 0 Å². The van der Waals surface area contributed by atoms with Gasteiger partial charge in [0.2, 0.25) is 5.91 Å². The summed E-state index contributed by atoms with van der Waals surface area (Å²) in [6.45, 7) is 8.44. The third kappa shape index (κ3) is 5.85. The Balaban J connectivity index is 2.57. The maximum atomic E-state index is 12.1. The molecule has 0 heterocycles. The highest BCUT2D eigenvalue weighted by Gasteiger charge is 2.16. The smallest absolute Gasteiger partial charge is 0.251 e. The molecule has 0 saturated carbocycles. The van der Waals surface area contributed by atoms with Crippen molar-refractivity contribution in [3.8, 4) is 0 Å². The SMILES string of the molecule is CCCNc1ccc(C(=O)NC(C)C(=O)NC(C)C)cc1. The van der Waals surface area contributed by atoms with E-state index in [4.69, 9.17) is 0 Å². The van der Waals surface area contributed by atoms with E-state index in [9.17, 15) is 9.59 Å². The van der Waals surface area contributed by atoms with E-state index in [1.165, 1.54) is 0 Å². The lowest BCUT2D eigenvalue weighted by molar-refractivity contribution is -0.123. The molecular weight excluding hydrogens is 266 g/mol. The van der Waals surface area contributed by atoms with Crippen LogP contribution in [-0.4, -0.2) is 30.4 Å². The molecule has 3 N–H and O–H groups in total. The molecule has 0 aliphatic rings. The molecule has 21 heavy (non-hydrogen) atoms. The fourth-order valence-corrected chi connectivity index (χ4v) is 1.76. The fraction of sp³-hybridized carbons (Fsp3) is 0.500. The fourth-order valence-electron chi connectivity index (χ4n) is 1.76. The molecule has 0 spiro atoms. The normalized spacial score (nSPS) is 11.9. The zero-order chi connectivity index (χ0) is 15.8. The highest BCUT2D eigenvalue weighted by molar-refractivity contribution is 5.97. The Bertz CT molecular complexity index is 469. The zero-order valence-electron chi connectivity index (χ0n) is 13.2. The topological polar surface area (TPSA) is 70.2 Å². The lowest BCUT2D eigenvalue weighted by Gasteiger charge is -2.16. The van der Waals surface area contributed by atoms with Gasteiger partial charge in [-0.3, -0.25) is 9.59 Å². The molecule has 1 aromatic carbocycles. The van der Waals surface area contributed by atoms with E-state index in [-0.39, 0.29) is 17.9 Å². The molecule has 1 atom stereocenters. The number of carbonyl (C=O) groups excluding carboxylic acids is 2. The van der Waals surface area contributed by atoms with Crippen LogP contribution in [0.1, 0.15) is 44.5 Å². The first-order valence-electron chi connectivity index (χ1n) is 7.39. The summed E-state index contributed by atoms with van der Waals surface area (Å²) >= 11 is 0. The molecule has 1 rings (SSSR count). The van der Waals surface area contributed by atoms with Crippen molar-refractivity contribution in [1.82, 2.24) is 10.6 Å². The molecule has 0 bridgehead atoms. The molecule has 0 aromatic heterocycles. The van der Waals surface area contributed by atoms with Crippen LogP contribution in [0.15, 0.2) is 24.3 Å². The van der Waals surface area contributed by atoms with Crippen molar-refractivity contribution in [1.29, 1.82) is 0 Å². The maximum absolute atomic E-state index is 12.1. The lowest BCUT2D eigenvalue weighted by Crippen LogP contribution is -2.46. The van der Waals surface area contributed by atoms with E-state index in [1.807, 2.05) is 26.0 Å². The number of rotatable bonds is 7. The van der Waals surface area contributed by atoms with Crippen LogP contribution in [0.2, 0.25) is 0 Å². The Labute approximate surface area is 126 Å². The molecule has 0 aliphatic heterocycles. The van der Waals surface area contributed by atoms with Crippen molar-refractivity contribution >= 4 is 17.5 Å². The van der Waals surface area contributed by atoms with Crippen molar-refractivity contribution in [3.63, 3.8) is 0 Å². The second-order valence-corrected chi connectivity index (χ2v) is 5.36. The van der Waals surface area contributed by atoms with Crippen LogP contribution in [0.25, 0.3) is 0 Å². The summed E-state index contributed by atoms with van der Waals surface area (Å²) in [5.41, 5.74) is 1.53. The van der Waals surface area contributed by atoms with Gasteiger partial charge in [0.25, 0.3) is 5.91 Å². The first-order chi connectivity index (χ1) is 9.93. The first kappa shape index (κ1) is 17.0. The highest BCUT2D eigenvalue weighted by Crippen LogP contribution is 2.09. The molecule has 116 valence electrons. The second-order valence-electron chi connectivity index (χ2n) is 5.36. The van der Waals surface area contributed by atoms with Crippen LogP contribution < -0.4 is 16.0 Å². The number of amides is 2. The molecule has 0 radical (unpaired) electrons. The predicted octanol–water partition coefficient (Wildman–Crippen LogP) is 2.15. The third-order valence-corrected chi connectivity index (χ3v) is 2.90. The Morgan fingerprint density at radius 1 is 1.05 bits per heavy atom. The Morgan fingerprint density at radius 3 is 2.19 bits per heavy atom. The van der Waals surface area contributed by atoms with Gasteiger partial charge in [0, 0.05) is 23.8 Å². The summed E-state index contributed by atoms with van der Waals surface area (Å²) in [6, 6.07) is 6.73. The van der Waals surface area contributed by atoms with Gasteiger partial charge in [-0.2, -0.15) is 0 Å². The lowest BCUT2D eigenvalue weighted by atomic mass is 10.1. The number of benzene rings is 1. The van der Waals surface area contributed by atoms with Gasteiger partial charge in [-0.15, -0.1) is 0 Å². The van der Waals surface area contributed by atoms with Gasteiger partial charge in [-0.25, -0.2) is 0 Å². The van der Waals surface area contributed by atoms with Crippen LogP contribution in [0.4, 0.5) is 5.69 Å². The van der Waals surface area contributed by atoms with Crippen molar-refractivity contribution in [2.45, 2.75) is 46.2 Å². The van der Waals surface area contributed by atoms with Crippen molar-refractivity contribution in [2.24, 2.45) is 0 Å². The minimum Gasteiger partial charge on any atom is -0.385 e. The van der Waals surface area contributed by atoms with E-state index in [2.05, 4.69) is 22.9 Å². The van der Waals surface area contributed by atoms with Crippen molar-refractivity contribution < 1.29 is 9.59 Å². The largest absolute Gasteiger partial charge is 0.385 e. The van der Waals surface area contributed by atoms with Gasteiger partial charge in [0.15, 0.2) is 0 Å². The average molecular weight is 291 g/mol. The van der Waals surface area contributed by atoms with Crippen molar-refractivity contribution in [2.75, 3.05) is 11.9 Å². The molecular formula is C16H25N3O2. The monoisotopic (exact) mass is 291 g/mol. The number of hydrogen-bond acceptors (Lipinski definition) is 3. The van der Waals surface area contributed by atoms with Gasteiger partial charge >= 0.3 is 0 Å². The molecule has 5 heteroatoms. The van der Waals surface area contributed by atoms with Crippen LogP contribution in [-0.2, 0) is 4.79 Å². The second kappa shape index (κ2) is 8.29. The van der Waals surface area contributed by atoms with Crippen LogP contribution in [0.5, 0.6) is 0 Å². The predicted molar refractivity (Wildman–Crippen MR) is 85.4 cm³/mol. The van der Waals surface area contributed by atoms with Crippen LogP contribution >= 0.6 is 0 Å². The Morgan fingerprint density at radius 2 is 1.67 bits per heavy atom. The quantitative estimate of drug-likeness (QED) is 0.721. The number of anilines is 1. The van der Waals surface area contributed by atoms with E-state index in [1.54, 1.807) is 19.1 Å². The summed E-state index contributed by atoms with van der Waals surface area (Å²) < 4.78 is 0. The highest BCUT2D eigenvalue weighted by atomic mass is 16.2. The zero-order valence-corrected chi connectivity index (χ0v) is 13.2. The number of nitrogens with one attached hydrogen (secondary N) is 3. The van der Waals surface area contributed by atoms with E-state index in [0.29, 0.717) is 5.56 Å². The Kier molecular flexibility index (Phi) is 6.72. The summed E-state index contributed by atoms with van der Waals surface area (Å²) in [7, 11) is 0. The number of hydrogen-bond donors (Lipinski definition) is 3. The van der Waals surface area contributed by atoms with Crippen LogP contribution in [0, 0.1) is 0 Å². The van der Waals surface area contributed by atoms with Gasteiger partial charge in [0.1, 0.15) is 6.04 Å². The summed E-state index contributed by atoms with van der Waals surface area (Å²) in [5, 5.41) is 8.71. The average Bonchev–Trinajstić information content (AvgIpc) is 2.44. The van der Waals surface area contributed by atoms with Gasteiger partial charge in [-0.05, 0) is 51.5 Å². The standard InChI is InChI=1S/C16H25N3O2/c1-5-10-17-14-8-6-13(7-9-14)16(21)19-12(4)15(20)18-11(2)3/h6-9,11-12,17H,5,10H2,1-4H3,(H,18,20)(H,19,21). The first-order valence-corrected chi connectivity index (χ1v) is 7.39. The van der Waals surface area contributed by atoms with Gasteiger partial charge in [0.05, 0.1) is 0 Å². The maximum Gasteiger partial charge on any atom is 0.251 e. The molecule has 1 aromatic rings. The van der Waals surface area contributed by atoms with Gasteiger partial charge in [-0.1, -0.05) is 6.92 Å². The third-order valence-electron chi connectivity index (χ3n) is 2.90. The van der Waals surface area contributed by atoms with E-state index < -0.39 is 6.04 Å².